The quantitative estimate of drug-likeness (QED) is 0.782. The largest absolute Gasteiger partial charge is 0.497 e. The van der Waals surface area contributed by atoms with E-state index in [4.69, 9.17) is 4.74 Å². The van der Waals surface area contributed by atoms with Crippen LogP contribution in [0.4, 0.5) is 0 Å². The molecule has 0 amide bonds. The number of carbonyl (C=O) groups is 1. The summed E-state index contributed by atoms with van der Waals surface area (Å²) >= 11 is 0. The lowest BCUT2D eigenvalue weighted by atomic mass is 10.1. The van der Waals surface area contributed by atoms with Crippen LogP contribution in [0, 0.1) is 0 Å². The van der Waals surface area contributed by atoms with Crippen molar-refractivity contribution in [3.05, 3.63) is 65.7 Å². The van der Waals surface area contributed by atoms with Crippen molar-refractivity contribution >= 4 is 5.78 Å². The van der Waals surface area contributed by atoms with E-state index in [-0.39, 0.29) is 5.78 Å². The highest BCUT2D eigenvalue weighted by atomic mass is 16.5. The Kier molecular flexibility index (Phi) is 5.52. The highest BCUT2D eigenvalue weighted by Gasteiger charge is 2.08. The zero-order valence-electron chi connectivity index (χ0n) is 12.6. The summed E-state index contributed by atoms with van der Waals surface area (Å²) < 4.78 is 5.21. The molecule has 110 valence electrons. The van der Waals surface area contributed by atoms with Crippen LogP contribution in [0.1, 0.15) is 11.1 Å². The molecule has 0 atom stereocenters. The standard InChI is InChI=1S/C18H21NO2/c1-19(13-16-9-6-10-18(12-16)21-2)14-17(20)11-15-7-4-3-5-8-15/h3-10,12H,11,13-14H2,1-2H3. The summed E-state index contributed by atoms with van der Waals surface area (Å²) in [5.74, 6) is 1.07. The van der Waals surface area contributed by atoms with Gasteiger partial charge in [-0.3, -0.25) is 9.69 Å². The van der Waals surface area contributed by atoms with Gasteiger partial charge in [-0.25, -0.2) is 0 Å². The third-order valence-corrected chi connectivity index (χ3v) is 3.28. The van der Waals surface area contributed by atoms with E-state index in [1.54, 1.807) is 7.11 Å². The number of likely N-dealkylation sites (N-methyl/N-ethyl adjacent to an activating group) is 1. The summed E-state index contributed by atoms with van der Waals surface area (Å²) in [5, 5.41) is 0. The number of benzene rings is 2. The maximum atomic E-state index is 12.1. The molecule has 0 aromatic heterocycles. The molecule has 0 unspecified atom stereocenters. The van der Waals surface area contributed by atoms with Gasteiger partial charge in [-0.15, -0.1) is 0 Å². The number of methoxy groups -OCH3 is 1. The first-order valence-corrected chi connectivity index (χ1v) is 7.04. The molecule has 0 heterocycles. The summed E-state index contributed by atoms with van der Waals surface area (Å²) in [6.07, 6.45) is 0.489. The van der Waals surface area contributed by atoms with Crippen LogP contribution in [-0.4, -0.2) is 31.4 Å². The second-order valence-corrected chi connectivity index (χ2v) is 5.22. The highest BCUT2D eigenvalue weighted by Crippen LogP contribution is 2.13. The lowest BCUT2D eigenvalue weighted by Crippen LogP contribution is -2.26. The average Bonchev–Trinajstić information content (AvgIpc) is 2.48. The number of carbonyl (C=O) groups excluding carboxylic acids is 1. The molecule has 0 saturated heterocycles. The molecule has 0 fully saturated rings. The van der Waals surface area contributed by atoms with E-state index in [0.717, 1.165) is 23.4 Å². The predicted octanol–water partition coefficient (Wildman–Crippen LogP) is 2.94. The number of ether oxygens (including phenoxy) is 1. The normalized spacial score (nSPS) is 10.6. The fraction of sp³-hybridized carbons (Fsp3) is 0.278. The third-order valence-electron chi connectivity index (χ3n) is 3.28. The van der Waals surface area contributed by atoms with Crippen LogP contribution in [0.15, 0.2) is 54.6 Å². The van der Waals surface area contributed by atoms with Crippen molar-refractivity contribution in [1.82, 2.24) is 4.90 Å². The van der Waals surface area contributed by atoms with E-state index in [9.17, 15) is 4.79 Å². The Hall–Kier alpha value is -2.13. The Balaban J connectivity index is 1.86. The summed E-state index contributed by atoms with van der Waals surface area (Å²) in [6, 6.07) is 17.8. The van der Waals surface area contributed by atoms with Crippen molar-refractivity contribution in [3.63, 3.8) is 0 Å². The topological polar surface area (TPSA) is 29.5 Å². The first kappa shape index (κ1) is 15.3. The van der Waals surface area contributed by atoms with Crippen molar-refractivity contribution in [2.24, 2.45) is 0 Å². The molecule has 3 heteroatoms. The van der Waals surface area contributed by atoms with Gasteiger partial charge in [0.1, 0.15) is 5.75 Å². The Bertz CT molecular complexity index is 581. The van der Waals surface area contributed by atoms with Crippen molar-refractivity contribution in [1.29, 1.82) is 0 Å². The predicted molar refractivity (Wildman–Crippen MR) is 84.5 cm³/mol. The Morgan fingerprint density at radius 1 is 1.05 bits per heavy atom. The number of nitrogens with zero attached hydrogens (tertiary/aromatic N) is 1. The van der Waals surface area contributed by atoms with Crippen molar-refractivity contribution in [3.8, 4) is 5.75 Å². The van der Waals surface area contributed by atoms with Crippen molar-refractivity contribution < 1.29 is 9.53 Å². The van der Waals surface area contributed by atoms with Crippen molar-refractivity contribution in [2.75, 3.05) is 20.7 Å². The Morgan fingerprint density at radius 3 is 2.48 bits per heavy atom. The zero-order valence-corrected chi connectivity index (χ0v) is 12.6. The molecule has 0 saturated carbocycles. The van der Waals surface area contributed by atoms with Gasteiger partial charge >= 0.3 is 0 Å². The minimum atomic E-state index is 0.228. The zero-order chi connectivity index (χ0) is 15.1. The minimum Gasteiger partial charge on any atom is -0.497 e. The van der Waals surface area contributed by atoms with E-state index < -0.39 is 0 Å². The molecule has 0 N–H and O–H groups in total. The van der Waals surface area contributed by atoms with Crippen LogP contribution >= 0.6 is 0 Å². The first-order chi connectivity index (χ1) is 10.2. The second-order valence-electron chi connectivity index (χ2n) is 5.22. The van der Waals surface area contributed by atoms with Gasteiger partial charge in [0.2, 0.25) is 0 Å². The molecule has 0 aliphatic heterocycles. The van der Waals surface area contributed by atoms with Gasteiger partial charge in [-0.1, -0.05) is 42.5 Å². The molecule has 0 aliphatic rings. The third kappa shape index (κ3) is 5.04. The van der Waals surface area contributed by atoms with Gasteiger partial charge in [-0.2, -0.15) is 0 Å². The summed E-state index contributed by atoms with van der Waals surface area (Å²) in [6.45, 7) is 1.18. The lowest BCUT2D eigenvalue weighted by molar-refractivity contribution is -0.119. The molecule has 0 radical (unpaired) electrons. The molecule has 21 heavy (non-hydrogen) atoms. The maximum Gasteiger partial charge on any atom is 0.151 e. The van der Waals surface area contributed by atoms with Gasteiger partial charge in [0.15, 0.2) is 5.78 Å². The minimum absolute atomic E-state index is 0.228. The van der Waals surface area contributed by atoms with E-state index in [2.05, 4.69) is 0 Å². The second kappa shape index (κ2) is 7.60. The molecule has 0 spiro atoms. The van der Waals surface area contributed by atoms with Crippen LogP contribution in [-0.2, 0) is 17.8 Å². The van der Waals surface area contributed by atoms with Gasteiger partial charge in [0, 0.05) is 13.0 Å². The molecule has 0 bridgehead atoms. The molecule has 2 rings (SSSR count). The van der Waals surface area contributed by atoms with E-state index in [1.165, 1.54) is 0 Å². The highest BCUT2D eigenvalue weighted by molar-refractivity contribution is 5.82. The maximum absolute atomic E-state index is 12.1. The fourth-order valence-corrected chi connectivity index (χ4v) is 2.32. The molecule has 0 aliphatic carbocycles. The Labute approximate surface area is 126 Å². The van der Waals surface area contributed by atoms with Crippen LogP contribution in [0.25, 0.3) is 0 Å². The van der Waals surface area contributed by atoms with Crippen LogP contribution in [0.5, 0.6) is 5.75 Å². The van der Waals surface area contributed by atoms with E-state index in [1.807, 2.05) is 66.5 Å². The lowest BCUT2D eigenvalue weighted by Gasteiger charge is -2.16. The van der Waals surface area contributed by atoms with Crippen molar-refractivity contribution in [2.45, 2.75) is 13.0 Å². The van der Waals surface area contributed by atoms with Gasteiger partial charge < -0.3 is 4.74 Å². The number of hydrogen-bond donors (Lipinski definition) is 0. The fourth-order valence-electron chi connectivity index (χ4n) is 2.32. The van der Waals surface area contributed by atoms with Gasteiger partial charge in [0.25, 0.3) is 0 Å². The van der Waals surface area contributed by atoms with E-state index >= 15 is 0 Å². The molecular formula is C18H21NO2. The van der Waals surface area contributed by atoms with Gasteiger partial charge in [0.05, 0.1) is 13.7 Å². The smallest absolute Gasteiger partial charge is 0.151 e. The monoisotopic (exact) mass is 283 g/mol. The molecular weight excluding hydrogens is 262 g/mol. The molecule has 2 aromatic carbocycles. The number of Topliss-reactive ketones (excluding diaryl/α,β-unsaturated/α-hetero) is 1. The number of ketones is 1. The Morgan fingerprint density at radius 2 is 1.76 bits per heavy atom. The summed E-state index contributed by atoms with van der Waals surface area (Å²) in [7, 11) is 3.62. The molecule has 2 aromatic rings. The number of rotatable bonds is 7. The summed E-state index contributed by atoms with van der Waals surface area (Å²) in [5.41, 5.74) is 2.21. The van der Waals surface area contributed by atoms with E-state index in [0.29, 0.717) is 13.0 Å². The summed E-state index contributed by atoms with van der Waals surface area (Å²) in [4.78, 5) is 14.1. The first-order valence-electron chi connectivity index (χ1n) is 7.04. The van der Waals surface area contributed by atoms with Crippen LogP contribution in [0.2, 0.25) is 0 Å². The average molecular weight is 283 g/mol. The number of hydrogen-bond acceptors (Lipinski definition) is 3. The van der Waals surface area contributed by atoms with Crippen LogP contribution in [0.3, 0.4) is 0 Å². The van der Waals surface area contributed by atoms with Gasteiger partial charge in [-0.05, 0) is 30.3 Å². The SMILES string of the molecule is COc1cccc(CN(C)CC(=O)Cc2ccccc2)c1. The van der Waals surface area contributed by atoms with Crippen LogP contribution < -0.4 is 4.74 Å². The molecule has 3 nitrogen and oxygen atoms in total.